The topological polar surface area (TPSA) is 107 Å². The number of nitrogens with one attached hydrogen (secondary N) is 1. The van der Waals surface area contributed by atoms with Gasteiger partial charge in [0.1, 0.15) is 16.9 Å². The van der Waals surface area contributed by atoms with E-state index < -0.39 is 0 Å². The number of aromatic nitrogens is 3. The Labute approximate surface area is 179 Å². The van der Waals surface area contributed by atoms with Crippen LogP contribution in [-0.4, -0.2) is 47.0 Å². The van der Waals surface area contributed by atoms with Crippen molar-refractivity contribution in [3.05, 3.63) is 65.2 Å². The quantitative estimate of drug-likeness (QED) is 0.356. The number of hydrogen-bond donors (Lipinski definition) is 2. The maximum atomic E-state index is 12.9. The average Bonchev–Trinajstić information content (AvgIpc) is 3.05. The minimum absolute atomic E-state index is 0.193. The summed E-state index contributed by atoms with van der Waals surface area (Å²) in [6, 6.07) is 15.4. The number of benzene rings is 2. The number of aryl methyl sites for hydroxylation is 1. The molecular weight excluding hydrogens is 392 g/mol. The van der Waals surface area contributed by atoms with Crippen molar-refractivity contribution in [2.24, 2.45) is 5.10 Å². The number of methoxy groups -OCH3 is 1. The zero-order chi connectivity index (χ0) is 21.8. The Kier molecular flexibility index (Phi) is 5.90. The number of ether oxygens (including phenoxy) is 1. The molecule has 0 atom stereocenters. The number of para-hydroxylation sites is 2. The molecule has 0 bridgehead atoms. The average molecular weight is 416 g/mol. The van der Waals surface area contributed by atoms with Gasteiger partial charge in [-0.2, -0.15) is 9.78 Å². The van der Waals surface area contributed by atoms with Crippen LogP contribution in [0.1, 0.15) is 27.9 Å². The first-order valence-electron chi connectivity index (χ1n) is 10.0. The van der Waals surface area contributed by atoms with Crippen molar-refractivity contribution in [1.82, 2.24) is 20.0 Å². The molecule has 2 aromatic heterocycles. The molecule has 2 heterocycles. The lowest BCUT2D eigenvalue weighted by Crippen LogP contribution is -2.26. The molecule has 1 amide bonds. The summed E-state index contributed by atoms with van der Waals surface area (Å²) in [5.41, 5.74) is 11.0. The highest BCUT2D eigenvalue weighted by Gasteiger charge is 2.23. The summed E-state index contributed by atoms with van der Waals surface area (Å²) in [5, 5.41) is 7.39. The molecule has 4 rings (SSSR count). The van der Waals surface area contributed by atoms with Gasteiger partial charge in [-0.25, -0.2) is 9.97 Å². The van der Waals surface area contributed by atoms with Crippen LogP contribution in [0.4, 0.5) is 5.82 Å². The smallest absolute Gasteiger partial charge is 0.257 e. The molecule has 31 heavy (non-hydrogen) atoms. The summed E-state index contributed by atoms with van der Waals surface area (Å²) < 4.78 is 6.51. The molecule has 0 saturated heterocycles. The summed E-state index contributed by atoms with van der Waals surface area (Å²) >= 11 is 0. The van der Waals surface area contributed by atoms with Gasteiger partial charge in [0.2, 0.25) is 0 Å². The standard InChI is InChI=1S/C23H24N6O2/c1-15-8-10-16(11-9-15)14-26-29-21(24)19(23(30)25-12-5-13-31-2)20-22(29)28-18-7-4-3-6-17(18)27-20/h3-4,6-11,14H,5,12-13,24H2,1-2H3,(H,25,30)/b26-14-. The lowest BCUT2D eigenvalue weighted by molar-refractivity contribution is 0.0951. The molecule has 2 aromatic carbocycles. The van der Waals surface area contributed by atoms with Crippen molar-refractivity contribution >= 4 is 40.1 Å². The second-order valence-electron chi connectivity index (χ2n) is 7.21. The summed E-state index contributed by atoms with van der Waals surface area (Å²) in [5.74, 6) is -0.120. The van der Waals surface area contributed by atoms with E-state index in [1.165, 1.54) is 4.68 Å². The van der Waals surface area contributed by atoms with E-state index in [0.717, 1.165) is 11.1 Å². The normalized spacial score (nSPS) is 11.5. The zero-order valence-corrected chi connectivity index (χ0v) is 17.5. The van der Waals surface area contributed by atoms with Crippen molar-refractivity contribution in [2.75, 3.05) is 26.0 Å². The van der Waals surface area contributed by atoms with E-state index in [0.29, 0.717) is 41.8 Å². The van der Waals surface area contributed by atoms with Gasteiger partial charge in [0.05, 0.1) is 17.2 Å². The summed E-state index contributed by atoms with van der Waals surface area (Å²) in [6.45, 7) is 3.05. The van der Waals surface area contributed by atoms with Crippen LogP contribution in [0.15, 0.2) is 53.6 Å². The fourth-order valence-electron chi connectivity index (χ4n) is 3.27. The minimum Gasteiger partial charge on any atom is -0.385 e. The van der Waals surface area contributed by atoms with Crippen LogP contribution in [0, 0.1) is 6.92 Å². The van der Waals surface area contributed by atoms with Gasteiger partial charge in [0.15, 0.2) is 5.65 Å². The van der Waals surface area contributed by atoms with E-state index >= 15 is 0 Å². The molecule has 0 radical (unpaired) electrons. The Morgan fingerprint density at radius 3 is 2.58 bits per heavy atom. The van der Waals surface area contributed by atoms with E-state index in [2.05, 4.69) is 20.4 Å². The van der Waals surface area contributed by atoms with Crippen molar-refractivity contribution in [2.45, 2.75) is 13.3 Å². The molecule has 0 fully saturated rings. The highest BCUT2D eigenvalue weighted by Crippen LogP contribution is 2.27. The first kappa shape index (κ1) is 20.5. The number of amides is 1. The molecule has 8 nitrogen and oxygen atoms in total. The monoisotopic (exact) mass is 416 g/mol. The van der Waals surface area contributed by atoms with Crippen LogP contribution in [0.3, 0.4) is 0 Å². The van der Waals surface area contributed by atoms with Gasteiger partial charge in [0, 0.05) is 20.3 Å². The second kappa shape index (κ2) is 8.93. The molecule has 0 spiro atoms. The van der Waals surface area contributed by atoms with Crippen molar-refractivity contribution in [3.63, 3.8) is 0 Å². The van der Waals surface area contributed by atoms with Crippen LogP contribution in [0.5, 0.6) is 0 Å². The Bertz CT molecular complexity index is 1260. The molecule has 0 aliphatic heterocycles. The highest BCUT2D eigenvalue weighted by molar-refractivity contribution is 6.10. The first-order valence-corrected chi connectivity index (χ1v) is 10.0. The molecule has 4 aromatic rings. The first-order chi connectivity index (χ1) is 15.1. The van der Waals surface area contributed by atoms with Gasteiger partial charge in [-0.05, 0) is 31.0 Å². The molecule has 0 unspecified atom stereocenters. The fraction of sp³-hybridized carbons (Fsp3) is 0.217. The zero-order valence-electron chi connectivity index (χ0n) is 17.5. The molecule has 158 valence electrons. The lowest BCUT2D eigenvalue weighted by Gasteiger charge is -2.05. The molecule has 0 aliphatic rings. The van der Waals surface area contributed by atoms with Crippen LogP contribution in [0.25, 0.3) is 22.2 Å². The molecule has 0 aliphatic carbocycles. The molecule has 8 heteroatoms. The maximum Gasteiger partial charge on any atom is 0.257 e. The van der Waals surface area contributed by atoms with E-state index in [1.54, 1.807) is 13.3 Å². The highest BCUT2D eigenvalue weighted by atomic mass is 16.5. The Morgan fingerprint density at radius 2 is 1.87 bits per heavy atom. The van der Waals surface area contributed by atoms with E-state index in [4.69, 9.17) is 10.5 Å². The van der Waals surface area contributed by atoms with Gasteiger partial charge < -0.3 is 15.8 Å². The van der Waals surface area contributed by atoms with E-state index in [-0.39, 0.29) is 17.3 Å². The van der Waals surface area contributed by atoms with Crippen LogP contribution >= 0.6 is 0 Å². The number of carbonyl (C=O) groups excluding carboxylic acids is 1. The van der Waals surface area contributed by atoms with Crippen molar-refractivity contribution in [1.29, 1.82) is 0 Å². The number of anilines is 1. The van der Waals surface area contributed by atoms with Gasteiger partial charge in [-0.3, -0.25) is 4.79 Å². The number of fused-ring (bicyclic) bond motifs is 2. The third-order valence-electron chi connectivity index (χ3n) is 4.91. The Balaban J connectivity index is 1.80. The van der Waals surface area contributed by atoms with Crippen LogP contribution in [-0.2, 0) is 4.74 Å². The Morgan fingerprint density at radius 1 is 1.16 bits per heavy atom. The van der Waals surface area contributed by atoms with Gasteiger partial charge in [0.25, 0.3) is 5.91 Å². The Hall–Kier alpha value is -3.78. The summed E-state index contributed by atoms with van der Waals surface area (Å²) in [6.07, 6.45) is 2.38. The number of nitrogen functional groups attached to an aromatic ring is 1. The maximum absolute atomic E-state index is 12.9. The predicted molar refractivity (Wildman–Crippen MR) is 122 cm³/mol. The number of rotatable bonds is 7. The summed E-state index contributed by atoms with van der Waals surface area (Å²) in [4.78, 5) is 22.3. The van der Waals surface area contributed by atoms with Crippen molar-refractivity contribution < 1.29 is 9.53 Å². The molecule has 3 N–H and O–H groups in total. The number of nitrogens with zero attached hydrogens (tertiary/aromatic N) is 4. The summed E-state index contributed by atoms with van der Waals surface area (Å²) in [7, 11) is 1.63. The van der Waals surface area contributed by atoms with Crippen LogP contribution < -0.4 is 11.1 Å². The number of hydrogen-bond acceptors (Lipinski definition) is 6. The number of nitrogens with two attached hydrogens (primary N) is 1. The largest absolute Gasteiger partial charge is 0.385 e. The second-order valence-corrected chi connectivity index (χ2v) is 7.21. The van der Waals surface area contributed by atoms with Crippen molar-refractivity contribution in [3.8, 4) is 0 Å². The number of carbonyl (C=O) groups is 1. The van der Waals surface area contributed by atoms with Crippen LogP contribution in [0.2, 0.25) is 0 Å². The van der Waals surface area contributed by atoms with E-state index in [9.17, 15) is 4.79 Å². The van der Waals surface area contributed by atoms with Gasteiger partial charge in [-0.15, -0.1) is 0 Å². The minimum atomic E-state index is -0.313. The third-order valence-corrected chi connectivity index (χ3v) is 4.91. The van der Waals surface area contributed by atoms with Gasteiger partial charge in [-0.1, -0.05) is 42.0 Å². The predicted octanol–water partition coefficient (Wildman–Crippen LogP) is 3.12. The van der Waals surface area contributed by atoms with Gasteiger partial charge >= 0.3 is 0 Å². The van der Waals surface area contributed by atoms with E-state index in [1.807, 2.05) is 55.5 Å². The third kappa shape index (κ3) is 4.24. The molecular formula is C23H24N6O2. The lowest BCUT2D eigenvalue weighted by atomic mass is 10.2. The molecule has 0 saturated carbocycles. The SMILES string of the molecule is COCCCNC(=O)c1c(N)n(/N=C\c2ccc(C)cc2)c2nc3ccccc3nc12. The fourth-order valence-corrected chi connectivity index (χ4v) is 3.27.